The smallest absolute Gasteiger partial charge is 0.00518 e. The third-order valence-electron chi connectivity index (χ3n) is 1.56. The molecule has 2 atom stereocenters. The Balaban J connectivity index is 2.39. The van der Waals surface area contributed by atoms with Crippen LogP contribution in [-0.4, -0.2) is 16.9 Å². The Morgan fingerprint density at radius 2 is 2.50 bits per heavy atom. The van der Waals surface area contributed by atoms with Gasteiger partial charge in [0.2, 0.25) is 0 Å². The van der Waals surface area contributed by atoms with E-state index >= 15 is 0 Å². The largest absolute Gasteiger partial charge is 0.189 e. The van der Waals surface area contributed by atoms with E-state index in [9.17, 15) is 0 Å². The highest BCUT2D eigenvalue weighted by atomic mass is 32.2. The van der Waals surface area contributed by atoms with Gasteiger partial charge in [0.15, 0.2) is 0 Å². The quantitative estimate of drug-likeness (QED) is 0.400. The van der Waals surface area contributed by atoms with Crippen molar-refractivity contribution in [2.45, 2.75) is 6.42 Å². The first kappa shape index (κ1) is 3.25. The van der Waals surface area contributed by atoms with Crippen molar-refractivity contribution >= 4 is 15.9 Å². The van der Waals surface area contributed by atoms with Gasteiger partial charge in [-0.3, -0.25) is 0 Å². The van der Waals surface area contributed by atoms with Crippen LogP contribution in [0.4, 0.5) is 0 Å². The third-order valence-corrected chi connectivity index (χ3v) is 3.95. The second-order valence-corrected chi connectivity index (χ2v) is 4.18. The maximum absolute atomic E-state index is 2.53. The van der Waals surface area contributed by atoms with Crippen LogP contribution in [0.3, 0.4) is 0 Å². The minimum atomic E-state index is 0.846. The lowest BCUT2D eigenvalue weighted by Gasteiger charge is -2.10. The van der Waals surface area contributed by atoms with Crippen molar-refractivity contribution in [1.82, 2.24) is 0 Å². The molecule has 0 N–H and O–H groups in total. The van der Waals surface area contributed by atoms with Crippen LogP contribution in [0.15, 0.2) is 0 Å². The van der Waals surface area contributed by atoms with E-state index in [4.69, 9.17) is 0 Å². The fraction of sp³-hybridized carbons (Fsp3) is 0.800. The molecular weight excluding hydrogens is 92.1 g/mol. The van der Waals surface area contributed by atoms with Crippen LogP contribution in [0.2, 0.25) is 0 Å². The Morgan fingerprint density at radius 3 is 2.67 bits per heavy atom. The Hall–Kier alpha value is 0.220. The van der Waals surface area contributed by atoms with Crippen molar-refractivity contribution in [3.63, 3.8) is 0 Å². The van der Waals surface area contributed by atoms with Gasteiger partial charge in [-0.05, 0) is 23.8 Å². The zero-order chi connectivity index (χ0) is 3.98. The topological polar surface area (TPSA) is 0 Å². The summed E-state index contributed by atoms with van der Waals surface area (Å²) in [4.78, 5) is 0. The predicted octanol–water partition coefficient (Wildman–Crippen LogP) is 1.09. The Labute approximate surface area is 40.5 Å². The molecule has 6 heavy (non-hydrogen) atoms. The van der Waals surface area contributed by atoms with Gasteiger partial charge in [-0.25, -0.2) is 0 Å². The summed E-state index contributed by atoms with van der Waals surface area (Å²) >= 11 is 0. The maximum Gasteiger partial charge on any atom is -0.00518 e. The van der Waals surface area contributed by atoms with Crippen LogP contribution in [0.25, 0.3) is 0 Å². The van der Waals surface area contributed by atoms with E-state index in [1.165, 1.54) is 12.2 Å². The van der Waals surface area contributed by atoms with Gasteiger partial charge < -0.3 is 0 Å². The van der Waals surface area contributed by atoms with E-state index in [0.29, 0.717) is 0 Å². The molecule has 2 bridgehead atoms. The third kappa shape index (κ3) is 0.250. The van der Waals surface area contributed by atoms with E-state index < -0.39 is 0 Å². The second kappa shape index (κ2) is 0.890. The van der Waals surface area contributed by atoms with Crippen LogP contribution >= 0.6 is 10.5 Å². The van der Waals surface area contributed by atoms with Crippen molar-refractivity contribution in [2.75, 3.05) is 11.5 Å². The van der Waals surface area contributed by atoms with Crippen molar-refractivity contribution in [3.8, 4) is 0 Å². The van der Waals surface area contributed by atoms with Gasteiger partial charge in [-0.1, -0.05) is 5.37 Å². The average molecular weight is 100 g/mol. The molecule has 0 aliphatic carbocycles. The van der Waals surface area contributed by atoms with Crippen LogP contribution in [-0.2, 0) is 0 Å². The number of hydrogen-bond acceptors (Lipinski definition) is 0. The fourth-order valence-electron chi connectivity index (χ4n) is 1.13. The summed E-state index contributed by atoms with van der Waals surface area (Å²) in [6, 6.07) is 0. The summed E-state index contributed by atoms with van der Waals surface area (Å²) in [6.45, 7) is 0. The van der Waals surface area contributed by atoms with E-state index in [1.54, 1.807) is 5.75 Å². The molecule has 3 heterocycles. The summed E-state index contributed by atoms with van der Waals surface area (Å²) in [5.41, 5.74) is 0. The molecule has 2 unspecified atom stereocenters. The highest BCUT2D eigenvalue weighted by Crippen LogP contribution is 2.38. The molecule has 0 aromatic heterocycles. The molecular formula is C5H8S. The first-order valence-corrected chi connectivity index (χ1v) is 4.09. The van der Waals surface area contributed by atoms with Gasteiger partial charge in [-0.2, -0.15) is 10.5 Å². The van der Waals surface area contributed by atoms with Gasteiger partial charge in [0, 0.05) is 0 Å². The standard InChI is InChI=1S/C5H8S/c1-2-6-3-5(1)4-6/h3,5H,1-2,4H2. The van der Waals surface area contributed by atoms with Crippen LogP contribution in [0.1, 0.15) is 6.42 Å². The summed E-state index contributed by atoms with van der Waals surface area (Å²) < 4.78 is 0. The summed E-state index contributed by atoms with van der Waals surface area (Å²) in [7, 11) is 0.846. The monoisotopic (exact) mass is 100 g/mol. The van der Waals surface area contributed by atoms with Crippen molar-refractivity contribution in [2.24, 2.45) is 5.92 Å². The molecule has 1 fully saturated rings. The first-order valence-electron chi connectivity index (χ1n) is 2.46. The van der Waals surface area contributed by atoms with Gasteiger partial charge in [-0.15, -0.1) is 0 Å². The van der Waals surface area contributed by atoms with E-state index in [-0.39, 0.29) is 0 Å². The zero-order valence-electron chi connectivity index (χ0n) is 3.68. The van der Waals surface area contributed by atoms with Crippen LogP contribution in [0.5, 0.6) is 0 Å². The first-order chi connectivity index (χ1) is 2.95. The average Bonchev–Trinajstić information content (AvgIpc) is 1.72. The van der Waals surface area contributed by atoms with E-state index in [2.05, 4.69) is 5.37 Å². The summed E-state index contributed by atoms with van der Waals surface area (Å²) in [5, 5.41) is 2.53. The van der Waals surface area contributed by atoms with Crippen molar-refractivity contribution in [1.29, 1.82) is 0 Å². The molecule has 0 aromatic rings. The second-order valence-electron chi connectivity index (χ2n) is 2.09. The normalized spacial score (nSPS) is 50.7. The molecule has 1 saturated heterocycles. The minimum Gasteiger partial charge on any atom is -0.189 e. The molecule has 0 saturated carbocycles. The minimum absolute atomic E-state index is 0.846. The van der Waals surface area contributed by atoms with Gasteiger partial charge in [0.25, 0.3) is 0 Å². The van der Waals surface area contributed by atoms with Crippen molar-refractivity contribution in [3.05, 3.63) is 0 Å². The molecule has 0 nitrogen and oxygen atoms in total. The van der Waals surface area contributed by atoms with Gasteiger partial charge in [0.05, 0.1) is 0 Å². The molecule has 34 valence electrons. The number of hydrogen-bond donors (Lipinski definition) is 0. The highest BCUT2D eigenvalue weighted by Gasteiger charge is 2.24. The lowest BCUT2D eigenvalue weighted by Crippen LogP contribution is -2.04. The zero-order valence-corrected chi connectivity index (χ0v) is 4.50. The van der Waals surface area contributed by atoms with Gasteiger partial charge >= 0.3 is 0 Å². The maximum atomic E-state index is 2.53. The summed E-state index contributed by atoms with van der Waals surface area (Å²) in [5.74, 6) is 4.17. The van der Waals surface area contributed by atoms with E-state index in [1.807, 2.05) is 0 Å². The molecule has 3 aliphatic heterocycles. The summed E-state index contributed by atoms with van der Waals surface area (Å²) in [6.07, 6.45) is 1.52. The van der Waals surface area contributed by atoms with E-state index in [0.717, 1.165) is 16.4 Å². The predicted molar refractivity (Wildman–Crippen MR) is 31.5 cm³/mol. The Bertz CT molecular complexity index is 101. The van der Waals surface area contributed by atoms with Crippen LogP contribution < -0.4 is 0 Å². The lowest BCUT2D eigenvalue weighted by molar-refractivity contribution is 0.815. The molecule has 0 aromatic carbocycles. The SMILES string of the molecule is C1=S2CCC1C2. The molecule has 1 heteroatoms. The molecule has 3 rings (SSSR count). The van der Waals surface area contributed by atoms with Crippen molar-refractivity contribution < 1.29 is 0 Å². The lowest BCUT2D eigenvalue weighted by atomic mass is 10.2. The molecule has 3 aliphatic rings. The molecule has 0 radical (unpaired) electrons. The Morgan fingerprint density at radius 1 is 1.67 bits per heavy atom. The molecule has 0 amide bonds. The number of fused-ring (bicyclic) bond motifs is 1. The van der Waals surface area contributed by atoms with Gasteiger partial charge in [0.1, 0.15) is 0 Å². The fourth-order valence-corrected chi connectivity index (χ4v) is 3.38. The number of rotatable bonds is 0. The Kier molecular flexibility index (Phi) is 0.482. The molecule has 0 spiro atoms. The highest BCUT2D eigenvalue weighted by molar-refractivity contribution is 8.16. The van der Waals surface area contributed by atoms with Crippen LogP contribution in [0, 0.1) is 5.92 Å².